The van der Waals surface area contributed by atoms with Gasteiger partial charge in [-0.2, -0.15) is 0 Å². The third-order valence-electron chi connectivity index (χ3n) is 3.51. The molecule has 0 saturated carbocycles. The van der Waals surface area contributed by atoms with E-state index in [1.807, 2.05) is 12.1 Å². The molecule has 0 bridgehead atoms. The van der Waals surface area contributed by atoms with Crippen LogP contribution in [0.4, 0.5) is 11.4 Å². The normalized spacial score (nSPS) is 19.8. The van der Waals surface area contributed by atoms with Gasteiger partial charge >= 0.3 is 0 Å². The van der Waals surface area contributed by atoms with Crippen LogP contribution in [0.1, 0.15) is 25.7 Å². The standard InChI is InChI=1S/C13H19N3O2/c14-9-8-11-5-3-4-10-15(11)12-6-1-2-7-13(12)16(17)18/h1-2,6-7,11H,3-5,8-10,14H2. The molecule has 1 atom stereocenters. The third-order valence-corrected chi connectivity index (χ3v) is 3.51. The van der Waals surface area contributed by atoms with Crippen molar-refractivity contribution in [1.82, 2.24) is 0 Å². The highest BCUT2D eigenvalue weighted by molar-refractivity contribution is 5.63. The summed E-state index contributed by atoms with van der Waals surface area (Å²) in [4.78, 5) is 12.9. The van der Waals surface area contributed by atoms with Crippen LogP contribution in [0.2, 0.25) is 0 Å². The lowest BCUT2D eigenvalue weighted by atomic mass is 9.98. The van der Waals surface area contributed by atoms with Gasteiger partial charge in [-0.3, -0.25) is 10.1 Å². The average Bonchev–Trinajstić information content (AvgIpc) is 2.40. The van der Waals surface area contributed by atoms with Crippen molar-refractivity contribution in [2.45, 2.75) is 31.7 Å². The monoisotopic (exact) mass is 249 g/mol. The molecule has 0 aromatic heterocycles. The number of nitrogens with zero attached hydrogens (tertiary/aromatic N) is 2. The highest BCUT2D eigenvalue weighted by atomic mass is 16.6. The van der Waals surface area contributed by atoms with E-state index in [-0.39, 0.29) is 10.6 Å². The lowest BCUT2D eigenvalue weighted by molar-refractivity contribution is -0.384. The Morgan fingerprint density at radius 2 is 2.17 bits per heavy atom. The molecule has 1 aliphatic heterocycles. The molecule has 98 valence electrons. The van der Waals surface area contributed by atoms with Crippen LogP contribution < -0.4 is 10.6 Å². The van der Waals surface area contributed by atoms with Crippen LogP contribution in [0.3, 0.4) is 0 Å². The Kier molecular flexibility index (Phi) is 4.15. The number of nitrogens with two attached hydrogens (primary N) is 1. The van der Waals surface area contributed by atoms with Crippen LogP contribution >= 0.6 is 0 Å². The van der Waals surface area contributed by atoms with Crippen LogP contribution in [0.15, 0.2) is 24.3 Å². The van der Waals surface area contributed by atoms with Crippen LogP contribution in [-0.4, -0.2) is 24.1 Å². The highest BCUT2D eigenvalue weighted by Gasteiger charge is 2.26. The fraction of sp³-hybridized carbons (Fsp3) is 0.538. The fourth-order valence-corrected chi connectivity index (χ4v) is 2.67. The first-order chi connectivity index (χ1) is 8.74. The molecule has 0 amide bonds. The van der Waals surface area contributed by atoms with Gasteiger partial charge in [-0.1, -0.05) is 12.1 Å². The van der Waals surface area contributed by atoms with Gasteiger partial charge in [-0.15, -0.1) is 0 Å². The van der Waals surface area contributed by atoms with Crippen LogP contribution in [0, 0.1) is 10.1 Å². The van der Waals surface area contributed by atoms with Crippen LogP contribution in [0.5, 0.6) is 0 Å². The van der Waals surface area contributed by atoms with Crippen molar-refractivity contribution in [2.75, 3.05) is 18.0 Å². The van der Waals surface area contributed by atoms with Gasteiger partial charge in [-0.05, 0) is 38.3 Å². The van der Waals surface area contributed by atoms with Crippen molar-refractivity contribution in [3.05, 3.63) is 34.4 Å². The van der Waals surface area contributed by atoms with Crippen LogP contribution in [0.25, 0.3) is 0 Å². The van der Waals surface area contributed by atoms with Gasteiger partial charge in [0, 0.05) is 18.7 Å². The predicted octanol–water partition coefficient (Wildman–Crippen LogP) is 2.30. The number of anilines is 1. The van der Waals surface area contributed by atoms with E-state index in [4.69, 9.17) is 5.73 Å². The topological polar surface area (TPSA) is 72.4 Å². The lowest BCUT2D eigenvalue weighted by Crippen LogP contribution is -2.41. The minimum absolute atomic E-state index is 0.196. The molecule has 1 aromatic carbocycles. The number of hydrogen-bond acceptors (Lipinski definition) is 4. The van der Waals surface area contributed by atoms with E-state index >= 15 is 0 Å². The summed E-state index contributed by atoms with van der Waals surface area (Å²) < 4.78 is 0. The van der Waals surface area contributed by atoms with Gasteiger partial charge in [0.2, 0.25) is 0 Å². The van der Waals surface area contributed by atoms with E-state index < -0.39 is 0 Å². The number of benzene rings is 1. The maximum absolute atomic E-state index is 11.1. The highest BCUT2D eigenvalue weighted by Crippen LogP contribution is 2.33. The zero-order valence-corrected chi connectivity index (χ0v) is 10.4. The van der Waals surface area contributed by atoms with Gasteiger partial charge in [0.1, 0.15) is 5.69 Å². The van der Waals surface area contributed by atoms with E-state index in [9.17, 15) is 10.1 Å². The maximum atomic E-state index is 11.1. The molecule has 0 radical (unpaired) electrons. The van der Waals surface area contributed by atoms with E-state index in [1.54, 1.807) is 12.1 Å². The smallest absolute Gasteiger partial charge is 0.292 e. The molecule has 0 spiro atoms. The molecule has 5 heteroatoms. The van der Waals surface area contributed by atoms with E-state index in [0.717, 1.165) is 31.5 Å². The molecule has 0 aliphatic carbocycles. The molecule has 1 aliphatic rings. The number of rotatable bonds is 4. The first kappa shape index (κ1) is 12.8. The molecule has 5 nitrogen and oxygen atoms in total. The Bertz CT molecular complexity index is 420. The maximum Gasteiger partial charge on any atom is 0.292 e. The second kappa shape index (κ2) is 5.82. The quantitative estimate of drug-likeness (QED) is 0.656. The fourth-order valence-electron chi connectivity index (χ4n) is 2.67. The number of nitro benzene ring substituents is 1. The summed E-state index contributed by atoms with van der Waals surface area (Å²) in [6.07, 6.45) is 4.24. The predicted molar refractivity (Wildman–Crippen MR) is 71.8 cm³/mol. The van der Waals surface area contributed by atoms with E-state index in [0.29, 0.717) is 12.6 Å². The molecule has 1 aromatic rings. The molecule has 1 fully saturated rings. The summed E-state index contributed by atoms with van der Waals surface area (Å²) in [6, 6.07) is 7.32. The van der Waals surface area contributed by atoms with E-state index in [2.05, 4.69) is 4.90 Å². The Morgan fingerprint density at radius 3 is 2.89 bits per heavy atom. The summed E-state index contributed by atoms with van der Waals surface area (Å²) in [6.45, 7) is 1.51. The summed E-state index contributed by atoms with van der Waals surface area (Å²) in [7, 11) is 0. The molecule has 18 heavy (non-hydrogen) atoms. The Labute approximate surface area is 107 Å². The first-order valence-corrected chi connectivity index (χ1v) is 6.44. The zero-order chi connectivity index (χ0) is 13.0. The minimum Gasteiger partial charge on any atom is -0.363 e. The number of hydrogen-bond donors (Lipinski definition) is 1. The molecule has 2 N–H and O–H groups in total. The van der Waals surface area contributed by atoms with Gasteiger partial charge in [0.15, 0.2) is 0 Å². The van der Waals surface area contributed by atoms with Gasteiger partial charge in [-0.25, -0.2) is 0 Å². The van der Waals surface area contributed by atoms with E-state index in [1.165, 1.54) is 6.42 Å². The lowest BCUT2D eigenvalue weighted by Gasteiger charge is -2.37. The van der Waals surface area contributed by atoms with Gasteiger partial charge in [0.05, 0.1) is 4.92 Å². The van der Waals surface area contributed by atoms with Gasteiger partial charge in [0.25, 0.3) is 5.69 Å². The second-order valence-corrected chi connectivity index (χ2v) is 4.67. The number of para-hydroxylation sites is 2. The Morgan fingerprint density at radius 1 is 1.39 bits per heavy atom. The molecule has 1 saturated heterocycles. The van der Waals surface area contributed by atoms with Crippen molar-refractivity contribution in [3.63, 3.8) is 0 Å². The minimum atomic E-state index is -0.302. The molecular weight excluding hydrogens is 230 g/mol. The molecule has 1 heterocycles. The van der Waals surface area contributed by atoms with Crippen molar-refractivity contribution in [1.29, 1.82) is 0 Å². The third kappa shape index (κ3) is 2.61. The van der Waals surface area contributed by atoms with Crippen molar-refractivity contribution < 1.29 is 4.92 Å². The molecule has 2 rings (SSSR count). The first-order valence-electron chi connectivity index (χ1n) is 6.44. The second-order valence-electron chi connectivity index (χ2n) is 4.67. The van der Waals surface area contributed by atoms with Crippen molar-refractivity contribution in [3.8, 4) is 0 Å². The average molecular weight is 249 g/mol. The largest absolute Gasteiger partial charge is 0.363 e. The summed E-state index contributed by atoms with van der Waals surface area (Å²) in [5.74, 6) is 0. The van der Waals surface area contributed by atoms with Crippen LogP contribution in [-0.2, 0) is 0 Å². The zero-order valence-electron chi connectivity index (χ0n) is 10.4. The summed E-state index contributed by atoms with van der Waals surface area (Å²) >= 11 is 0. The molecule has 1 unspecified atom stereocenters. The summed E-state index contributed by atoms with van der Waals surface area (Å²) in [5.41, 5.74) is 6.57. The number of piperidine rings is 1. The number of nitro groups is 1. The van der Waals surface area contributed by atoms with Gasteiger partial charge < -0.3 is 10.6 Å². The SMILES string of the molecule is NCCC1CCCCN1c1ccccc1[N+](=O)[O-]. The van der Waals surface area contributed by atoms with Crippen molar-refractivity contribution >= 4 is 11.4 Å². The Balaban J connectivity index is 2.30. The molecular formula is C13H19N3O2. The van der Waals surface area contributed by atoms with Crippen molar-refractivity contribution in [2.24, 2.45) is 5.73 Å². The Hall–Kier alpha value is -1.62. The summed E-state index contributed by atoms with van der Waals surface area (Å²) in [5, 5.41) is 11.1.